The van der Waals surface area contributed by atoms with Gasteiger partial charge in [0.2, 0.25) is 5.91 Å². The van der Waals surface area contributed by atoms with Gasteiger partial charge in [-0.15, -0.1) is 11.3 Å². The fourth-order valence-corrected chi connectivity index (χ4v) is 3.92. The molecule has 0 aliphatic heterocycles. The highest BCUT2D eigenvalue weighted by atomic mass is 32.1. The number of nitrogens with zero attached hydrogens (tertiary/aromatic N) is 3. The largest absolute Gasteiger partial charge is 0.457 e. The highest BCUT2D eigenvalue weighted by molar-refractivity contribution is 7.07. The van der Waals surface area contributed by atoms with Crippen LogP contribution in [0.5, 0.6) is 0 Å². The first-order valence-electron chi connectivity index (χ1n) is 10.0. The van der Waals surface area contributed by atoms with Crippen LogP contribution in [0.2, 0.25) is 0 Å². The molecule has 1 amide bonds. The van der Waals surface area contributed by atoms with Gasteiger partial charge in [-0.1, -0.05) is 32.6 Å². The Morgan fingerprint density at radius 2 is 2.12 bits per heavy atom. The zero-order valence-electron chi connectivity index (χ0n) is 18.5. The van der Waals surface area contributed by atoms with Crippen molar-refractivity contribution in [2.45, 2.75) is 27.3 Å². The van der Waals surface area contributed by atoms with Gasteiger partial charge >= 0.3 is 5.97 Å². The second-order valence-corrected chi connectivity index (χ2v) is 8.12. The number of benzene rings is 1. The summed E-state index contributed by atoms with van der Waals surface area (Å²) in [5, 5.41) is 12.5. The summed E-state index contributed by atoms with van der Waals surface area (Å²) < 4.78 is 6.88. The number of hydrogen-bond donors (Lipinski definition) is 1. The Bertz CT molecular complexity index is 1230. The predicted octanol–water partition coefficient (Wildman–Crippen LogP) is 1.80. The van der Waals surface area contributed by atoms with Gasteiger partial charge in [-0.3, -0.25) is 14.2 Å². The molecule has 1 aromatic heterocycles. The molecule has 0 aliphatic rings. The average Bonchev–Trinajstić information content (AvgIpc) is 3.10. The molecule has 1 aromatic carbocycles. The molecule has 1 N–H and O–H groups in total. The summed E-state index contributed by atoms with van der Waals surface area (Å²) in [5.74, 6) is -0.951. The summed E-state index contributed by atoms with van der Waals surface area (Å²) in [6, 6.07) is 9.07. The summed E-state index contributed by atoms with van der Waals surface area (Å²) in [7, 11) is 1.71. The third-order valence-corrected chi connectivity index (χ3v) is 5.64. The van der Waals surface area contributed by atoms with Crippen molar-refractivity contribution >= 4 is 46.4 Å². The zero-order valence-corrected chi connectivity index (χ0v) is 19.4. The van der Waals surface area contributed by atoms with Crippen molar-refractivity contribution in [3.63, 3.8) is 0 Å². The average molecular weight is 455 g/mol. The zero-order chi connectivity index (χ0) is 23.8. The summed E-state index contributed by atoms with van der Waals surface area (Å²) in [4.78, 5) is 38.8. The molecule has 2 rings (SSSR count). The van der Waals surface area contributed by atoms with E-state index in [0.29, 0.717) is 15.9 Å². The number of amides is 1. The van der Waals surface area contributed by atoms with Crippen molar-refractivity contribution in [2.75, 3.05) is 23.9 Å². The molecule has 0 atom stereocenters. The standard InChI is InChI=1S/C23H26N4O4S/c1-6-11-31-23(30)18(13-24)22-27(7-2)21(29)19(32-22)14-25-16-9-8-10-17(12-16)26(5)20(28)15(3)4/h6,8-10,12,14-15,25H,1,7,11H2,2-5H3/b19-14+,22-18-. The van der Waals surface area contributed by atoms with E-state index in [9.17, 15) is 19.6 Å². The number of carbonyl (C=O) groups excluding carboxylic acids is 2. The second-order valence-electron chi connectivity index (χ2n) is 7.09. The van der Waals surface area contributed by atoms with Gasteiger partial charge < -0.3 is 15.0 Å². The maximum absolute atomic E-state index is 12.8. The number of rotatable bonds is 8. The molecule has 0 radical (unpaired) electrons. The van der Waals surface area contributed by atoms with E-state index in [-0.39, 0.29) is 40.8 Å². The molecule has 168 valence electrons. The number of esters is 1. The van der Waals surface area contributed by atoms with Gasteiger partial charge in [0.15, 0.2) is 5.57 Å². The molecule has 0 spiro atoms. The van der Waals surface area contributed by atoms with Crippen LogP contribution >= 0.6 is 11.3 Å². The molecule has 8 nitrogen and oxygen atoms in total. The van der Waals surface area contributed by atoms with Gasteiger partial charge in [-0.2, -0.15) is 5.26 Å². The van der Waals surface area contributed by atoms with Crippen molar-refractivity contribution < 1.29 is 14.3 Å². The molecule has 0 bridgehead atoms. The number of anilines is 2. The Morgan fingerprint density at radius 3 is 2.72 bits per heavy atom. The van der Waals surface area contributed by atoms with Gasteiger partial charge in [0.25, 0.3) is 5.56 Å². The van der Waals surface area contributed by atoms with Gasteiger partial charge in [-0.05, 0) is 25.1 Å². The molecule has 9 heteroatoms. The minimum Gasteiger partial charge on any atom is -0.457 e. The maximum atomic E-state index is 12.8. The molecule has 2 aromatic rings. The first-order chi connectivity index (χ1) is 15.2. The minimum absolute atomic E-state index is 0.0113. The van der Waals surface area contributed by atoms with Crippen LogP contribution in [-0.4, -0.2) is 30.1 Å². The topological polar surface area (TPSA) is 104 Å². The van der Waals surface area contributed by atoms with Crippen LogP contribution in [0.3, 0.4) is 0 Å². The molecule has 0 unspecified atom stereocenters. The molecule has 32 heavy (non-hydrogen) atoms. The van der Waals surface area contributed by atoms with E-state index in [0.717, 1.165) is 11.3 Å². The number of aromatic nitrogens is 1. The summed E-state index contributed by atoms with van der Waals surface area (Å²) in [6.07, 6.45) is 2.92. The SMILES string of the molecule is C=CCOC(=O)/C(C#N)=c1\s/c(=C/Nc2cccc(N(C)C(=O)C(C)C)c2)c(=O)n1CC. The fraction of sp³-hybridized carbons (Fsp3) is 0.304. The van der Waals surface area contributed by atoms with Gasteiger partial charge in [-0.25, -0.2) is 4.79 Å². The molecule has 0 saturated heterocycles. The quantitative estimate of drug-likeness (QED) is 0.482. The molecule has 0 saturated carbocycles. The van der Waals surface area contributed by atoms with Gasteiger partial charge in [0.1, 0.15) is 21.9 Å². The van der Waals surface area contributed by atoms with E-state index in [1.807, 2.05) is 26.0 Å². The van der Waals surface area contributed by atoms with E-state index in [2.05, 4.69) is 11.9 Å². The lowest BCUT2D eigenvalue weighted by atomic mass is 10.1. The molecular formula is C23H26N4O4S. The Kier molecular flexibility index (Phi) is 8.55. The normalized spacial score (nSPS) is 12.2. The number of carbonyl (C=O) groups is 2. The van der Waals surface area contributed by atoms with Crippen molar-refractivity contribution in [1.29, 1.82) is 5.26 Å². The van der Waals surface area contributed by atoms with Crippen LogP contribution in [0.25, 0.3) is 11.8 Å². The Labute approximate surface area is 190 Å². The summed E-state index contributed by atoms with van der Waals surface area (Å²) in [5.41, 5.74) is 0.835. The van der Waals surface area contributed by atoms with Crippen molar-refractivity contribution in [2.24, 2.45) is 5.92 Å². The van der Waals surface area contributed by atoms with Crippen LogP contribution in [0.1, 0.15) is 20.8 Å². The van der Waals surface area contributed by atoms with E-state index >= 15 is 0 Å². The number of thiazole rings is 1. The highest BCUT2D eigenvalue weighted by Crippen LogP contribution is 2.20. The Morgan fingerprint density at radius 1 is 1.41 bits per heavy atom. The number of nitrogens with one attached hydrogen (secondary N) is 1. The van der Waals surface area contributed by atoms with Gasteiger partial charge in [0.05, 0.1) is 0 Å². The number of hydrogen-bond acceptors (Lipinski definition) is 7. The Balaban J connectivity index is 2.46. The van der Waals surface area contributed by atoms with Crippen molar-refractivity contribution in [3.8, 4) is 6.07 Å². The van der Waals surface area contributed by atoms with Crippen LogP contribution in [0.15, 0.2) is 41.7 Å². The van der Waals surface area contributed by atoms with E-state index in [1.54, 1.807) is 37.1 Å². The second kappa shape index (κ2) is 11.1. The van der Waals surface area contributed by atoms with Gasteiger partial charge in [0, 0.05) is 37.1 Å². The maximum Gasteiger partial charge on any atom is 0.352 e. The fourth-order valence-electron chi connectivity index (χ4n) is 2.85. The number of nitriles is 1. The first kappa shape index (κ1) is 24.6. The predicted molar refractivity (Wildman–Crippen MR) is 126 cm³/mol. The van der Waals surface area contributed by atoms with Crippen LogP contribution in [0, 0.1) is 17.2 Å². The summed E-state index contributed by atoms with van der Waals surface area (Å²) in [6.45, 7) is 9.15. The van der Waals surface area contributed by atoms with E-state index in [1.165, 1.54) is 16.8 Å². The van der Waals surface area contributed by atoms with E-state index < -0.39 is 5.97 Å². The van der Waals surface area contributed by atoms with Crippen LogP contribution < -0.4 is 25.0 Å². The Hall–Kier alpha value is -3.64. The third-order valence-electron chi connectivity index (χ3n) is 4.51. The first-order valence-corrected chi connectivity index (χ1v) is 10.8. The minimum atomic E-state index is -0.805. The lowest BCUT2D eigenvalue weighted by molar-refractivity contribution is -0.135. The molecule has 1 heterocycles. The van der Waals surface area contributed by atoms with Crippen molar-refractivity contribution in [3.05, 3.63) is 56.5 Å². The highest BCUT2D eigenvalue weighted by Gasteiger charge is 2.17. The lowest BCUT2D eigenvalue weighted by Crippen LogP contribution is -2.32. The number of ether oxygens (including phenoxy) is 1. The van der Waals surface area contributed by atoms with Crippen LogP contribution in [-0.2, 0) is 20.9 Å². The smallest absolute Gasteiger partial charge is 0.352 e. The van der Waals surface area contributed by atoms with Crippen molar-refractivity contribution in [1.82, 2.24) is 4.57 Å². The lowest BCUT2D eigenvalue weighted by Gasteiger charge is -2.20. The van der Waals surface area contributed by atoms with E-state index in [4.69, 9.17) is 4.74 Å². The third kappa shape index (κ3) is 5.53. The molecule has 0 fully saturated rings. The monoisotopic (exact) mass is 454 g/mol. The molecular weight excluding hydrogens is 428 g/mol. The molecule has 0 aliphatic carbocycles. The summed E-state index contributed by atoms with van der Waals surface area (Å²) >= 11 is 1.03. The van der Waals surface area contributed by atoms with Crippen LogP contribution in [0.4, 0.5) is 11.4 Å².